The van der Waals surface area contributed by atoms with Gasteiger partial charge in [-0.2, -0.15) is 0 Å². The van der Waals surface area contributed by atoms with Crippen molar-refractivity contribution in [3.8, 4) is 0 Å². The SMILES string of the molecule is COC(=O)c1c(C)ccc(F)c1N1NNN(C)C1=O. The number of methoxy groups -OCH3 is 1. The molecule has 1 aliphatic rings. The molecule has 1 aromatic carbocycles. The van der Waals surface area contributed by atoms with Gasteiger partial charge in [-0.25, -0.2) is 24.0 Å². The number of urea groups is 1. The minimum atomic E-state index is -0.712. The van der Waals surface area contributed by atoms with E-state index in [2.05, 4.69) is 15.8 Å². The first-order valence-corrected chi connectivity index (χ1v) is 5.44. The van der Waals surface area contributed by atoms with Crippen molar-refractivity contribution in [3.05, 3.63) is 29.1 Å². The number of anilines is 1. The van der Waals surface area contributed by atoms with Gasteiger partial charge in [-0.1, -0.05) is 6.07 Å². The molecule has 0 radical (unpaired) electrons. The van der Waals surface area contributed by atoms with E-state index in [-0.39, 0.29) is 11.3 Å². The number of aryl methyl sites for hydroxylation is 1. The fourth-order valence-electron chi connectivity index (χ4n) is 1.77. The minimum absolute atomic E-state index is 0.000417. The Kier molecular flexibility index (Phi) is 3.36. The van der Waals surface area contributed by atoms with E-state index < -0.39 is 17.8 Å². The van der Waals surface area contributed by atoms with E-state index >= 15 is 0 Å². The summed E-state index contributed by atoms with van der Waals surface area (Å²) in [6, 6.07) is 2.09. The van der Waals surface area contributed by atoms with Crippen molar-refractivity contribution in [3.63, 3.8) is 0 Å². The zero-order valence-electron chi connectivity index (χ0n) is 10.7. The quantitative estimate of drug-likeness (QED) is 0.773. The Morgan fingerprint density at radius 2 is 2.05 bits per heavy atom. The number of benzene rings is 1. The number of hydrazine groups is 3. The Labute approximate surface area is 108 Å². The van der Waals surface area contributed by atoms with Gasteiger partial charge in [-0.3, -0.25) is 0 Å². The van der Waals surface area contributed by atoms with Crippen LogP contribution in [-0.4, -0.2) is 31.2 Å². The highest BCUT2D eigenvalue weighted by Gasteiger charge is 2.33. The van der Waals surface area contributed by atoms with E-state index in [0.29, 0.717) is 5.56 Å². The second-order valence-corrected chi connectivity index (χ2v) is 3.98. The van der Waals surface area contributed by atoms with Crippen molar-refractivity contribution >= 4 is 17.7 Å². The predicted octanol–water partition coefficient (Wildman–Crippen LogP) is 0.717. The van der Waals surface area contributed by atoms with E-state index in [4.69, 9.17) is 0 Å². The average molecular weight is 268 g/mol. The van der Waals surface area contributed by atoms with E-state index in [1.807, 2.05) is 0 Å². The number of hydrogen-bond donors (Lipinski definition) is 2. The zero-order valence-corrected chi connectivity index (χ0v) is 10.7. The van der Waals surface area contributed by atoms with Crippen molar-refractivity contribution in [2.75, 3.05) is 19.2 Å². The fraction of sp³-hybridized carbons (Fsp3) is 0.273. The Bertz CT molecular complexity index is 549. The van der Waals surface area contributed by atoms with E-state index in [9.17, 15) is 14.0 Å². The topological polar surface area (TPSA) is 73.9 Å². The van der Waals surface area contributed by atoms with Crippen LogP contribution in [-0.2, 0) is 4.74 Å². The highest BCUT2D eigenvalue weighted by atomic mass is 19.1. The number of ether oxygens (including phenoxy) is 1. The van der Waals surface area contributed by atoms with Crippen molar-refractivity contribution in [2.24, 2.45) is 0 Å². The lowest BCUT2D eigenvalue weighted by molar-refractivity contribution is 0.0600. The smallest absolute Gasteiger partial charge is 0.355 e. The van der Waals surface area contributed by atoms with Gasteiger partial charge in [0.15, 0.2) is 0 Å². The maximum absolute atomic E-state index is 14.0. The molecule has 0 atom stereocenters. The summed E-state index contributed by atoms with van der Waals surface area (Å²) in [7, 11) is 2.65. The molecule has 1 heterocycles. The molecule has 0 unspecified atom stereocenters. The van der Waals surface area contributed by atoms with Gasteiger partial charge in [0.1, 0.15) is 11.5 Å². The van der Waals surface area contributed by atoms with Crippen LogP contribution in [0.3, 0.4) is 0 Å². The number of carbonyl (C=O) groups excluding carboxylic acids is 2. The molecule has 1 aliphatic heterocycles. The second-order valence-electron chi connectivity index (χ2n) is 3.98. The molecule has 7 nitrogen and oxygen atoms in total. The first kappa shape index (κ1) is 13.2. The molecule has 0 saturated carbocycles. The number of hydrogen-bond acceptors (Lipinski definition) is 5. The summed E-state index contributed by atoms with van der Waals surface area (Å²) in [6.45, 7) is 1.63. The molecule has 0 aliphatic carbocycles. The summed E-state index contributed by atoms with van der Waals surface area (Å²) in [5.41, 5.74) is 5.30. The van der Waals surface area contributed by atoms with Gasteiger partial charge < -0.3 is 4.74 Å². The molecule has 2 amide bonds. The molecule has 0 bridgehead atoms. The monoisotopic (exact) mass is 268 g/mol. The number of rotatable bonds is 2. The van der Waals surface area contributed by atoms with Crippen molar-refractivity contribution in [1.82, 2.24) is 16.1 Å². The second kappa shape index (κ2) is 4.82. The van der Waals surface area contributed by atoms with Crippen LogP contribution >= 0.6 is 0 Å². The molecule has 2 rings (SSSR count). The average Bonchev–Trinajstić information content (AvgIpc) is 2.72. The van der Waals surface area contributed by atoms with Crippen LogP contribution in [0.25, 0.3) is 0 Å². The lowest BCUT2D eigenvalue weighted by Gasteiger charge is -2.19. The first-order chi connectivity index (χ1) is 8.97. The Balaban J connectivity index is 2.59. The largest absolute Gasteiger partial charge is 0.465 e. The van der Waals surface area contributed by atoms with Gasteiger partial charge >= 0.3 is 12.0 Å². The first-order valence-electron chi connectivity index (χ1n) is 5.44. The van der Waals surface area contributed by atoms with Gasteiger partial charge in [0.25, 0.3) is 0 Å². The highest BCUT2D eigenvalue weighted by Crippen LogP contribution is 2.28. The predicted molar refractivity (Wildman–Crippen MR) is 64.4 cm³/mol. The number of amides is 2. The minimum Gasteiger partial charge on any atom is -0.465 e. The molecule has 8 heteroatoms. The Morgan fingerprint density at radius 3 is 2.58 bits per heavy atom. The normalized spacial score (nSPS) is 15.1. The van der Waals surface area contributed by atoms with Crippen molar-refractivity contribution in [2.45, 2.75) is 6.92 Å². The van der Waals surface area contributed by atoms with Crippen LogP contribution in [0.1, 0.15) is 15.9 Å². The standard InChI is InChI=1S/C11H13FN4O3/c1-6-4-5-7(12)9(8(6)10(17)19-3)16-11(18)15(2)13-14-16/h4-5,13-14H,1-3H3. The molecule has 0 spiro atoms. The van der Waals surface area contributed by atoms with E-state index in [1.165, 1.54) is 26.3 Å². The third kappa shape index (κ3) is 2.11. The summed E-state index contributed by atoms with van der Waals surface area (Å²) in [5.74, 6) is -1.42. The fourth-order valence-corrected chi connectivity index (χ4v) is 1.77. The van der Waals surface area contributed by atoms with Gasteiger partial charge in [-0.05, 0) is 18.6 Å². The van der Waals surface area contributed by atoms with Gasteiger partial charge in [0.2, 0.25) is 0 Å². The maximum Gasteiger partial charge on any atom is 0.355 e. The van der Waals surface area contributed by atoms with E-state index in [0.717, 1.165) is 10.0 Å². The molecule has 19 heavy (non-hydrogen) atoms. The summed E-state index contributed by atoms with van der Waals surface area (Å²) >= 11 is 0. The molecule has 1 saturated heterocycles. The summed E-state index contributed by atoms with van der Waals surface area (Å²) in [4.78, 5) is 23.6. The maximum atomic E-state index is 14.0. The number of carbonyl (C=O) groups is 2. The van der Waals surface area contributed by atoms with Gasteiger partial charge in [0, 0.05) is 7.05 Å². The number of nitrogens with one attached hydrogen (secondary N) is 2. The van der Waals surface area contributed by atoms with Gasteiger partial charge in [-0.15, -0.1) is 11.1 Å². The number of esters is 1. The zero-order chi connectivity index (χ0) is 14.2. The Hall–Kier alpha value is -2.19. The van der Waals surface area contributed by atoms with Crippen LogP contribution in [0.2, 0.25) is 0 Å². The third-order valence-corrected chi connectivity index (χ3v) is 2.76. The molecule has 2 N–H and O–H groups in total. The van der Waals surface area contributed by atoms with Crippen LogP contribution < -0.4 is 16.1 Å². The highest BCUT2D eigenvalue weighted by molar-refractivity contribution is 6.03. The van der Waals surface area contributed by atoms with E-state index in [1.54, 1.807) is 6.92 Å². The number of nitrogens with zero attached hydrogens (tertiary/aromatic N) is 2. The molecule has 1 aromatic rings. The molecule has 102 valence electrons. The van der Waals surface area contributed by atoms with Crippen LogP contribution in [0, 0.1) is 12.7 Å². The molecule has 0 aromatic heterocycles. The summed E-state index contributed by atoms with van der Waals surface area (Å²) < 4.78 is 18.6. The van der Waals surface area contributed by atoms with Crippen LogP contribution in [0.5, 0.6) is 0 Å². The summed E-state index contributed by atoms with van der Waals surface area (Å²) in [6.07, 6.45) is 0. The van der Waals surface area contributed by atoms with Crippen molar-refractivity contribution < 1.29 is 18.7 Å². The molecule has 1 fully saturated rings. The lowest BCUT2D eigenvalue weighted by Crippen LogP contribution is -2.39. The number of halogens is 1. The lowest BCUT2D eigenvalue weighted by atomic mass is 10.1. The van der Waals surface area contributed by atoms with Crippen molar-refractivity contribution in [1.29, 1.82) is 0 Å². The summed E-state index contributed by atoms with van der Waals surface area (Å²) in [5, 5.41) is 2.03. The van der Waals surface area contributed by atoms with Crippen LogP contribution in [0.4, 0.5) is 14.9 Å². The third-order valence-electron chi connectivity index (χ3n) is 2.76. The molecular weight excluding hydrogens is 255 g/mol. The van der Waals surface area contributed by atoms with Crippen LogP contribution in [0.15, 0.2) is 12.1 Å². The molecular formula is C11H13FN4O3. The Morgan fingerprint density at radius 1 is 1.37 bits per heavy atom. The van der Waals surface area contributed by atoms with Gasteiger partial charge in [0.05, 0.1) is 12.7 Å².